The van der Waals surface area contributed by atoms with Gasteiger partial charge in [0.15, 0.2) is 0 Å². The Kier molecular flexibility index (Phi) is 6.90. The smallest absolute Gasteiger partial charge is 1.00 e. The summed E-state index contributed by atoms with van der Waals surface area (Å²) in [6, 6.07) is 0. The predicted octanol–water partition coefficient (Wildman–Crippen LogP) is -0.761. The molecule has 5 aliphatic carbocycles. The molecule has 5 rings (SSSR count). The number of hydrogen-bond acceptors (Lipinski definition) is 0. The van der Waals surface area contributed by atoms with Crippen LogP contribution in [0.1, 0.15) is 65.2 Å². The van der Waals surface area contributed by atoms with E-state index in [0.717, 1.165) is 17.8 Å². The first kappa shape index (κ1) is 22.2. The van der Waals surface area contributed by atoms with Crippen molar-refractivity contribution in [3.63, 3.8) is 0 Å². The normalized spacial score (nSPS) is 38.2. The number of nitrogens with zero attached hydrogens (tertiary/aromatic N) is 1. The Bertz CT molecular complexity index is 551. The molecule has 0 aliphatic heterocycles. The second-order valence-corrected chi connectivity index (χ2v) is 14.3. The van der Waals surface area contributed by atoms with Crippen LogP contribution in [0.25, 0.3) is 0 Å². The molecule has 0 aromatic carbocycles. The Labute approximate surface area is 180 Å². The van der Waals surface area contributed by atoms with Gasteiger partial charge in [-0.15, -0.1) is 0 Å². The molecule has 141 valence electrons. The number of rotatable bonds is 4. The Morgan fingerprint density at radius 2 is 1.56 bits per heavy atom. The third-order valence-corrected chi connectivity index (χ3v) is 13.7. The van der Waals surface area contributed by atoms with Crippen molar-refractivity contribution in [3.8, 4) is 0 Å². The van der Waals surface area contributed by atoms with Crippen molar-refractivity contribution >= 4 is 8.96 Å². The first-order valence-corrected chi connectivity index (χ1v) is 13.4. The average molecular weight is 434 g/mol. The van der Waals surface area contributed by atoms with Gasteiger partial charge in [-0.05, 0) is 0 Å². The summed E-state index contributed by atoms with van der Waals surface area (Å²) in [5.41, 5.74) is 5.71. The van der Waals surface area contributed by atoms with Crippen LogP contribution >= 0.6 is 0 Å². The second kappa shape index (κ2) is 7.76. The van der Waals surface area contributed by atoms with Crippen LogP contribution in [0.3, 0.4) is 0 Å². The number of halogens is 2. The van der Waals surface area contributed by atoms with Crippen molar-refractivity contribution in [3.05, 3.63) is 22.9 Å². The molecule has 4 fully saturated rings. The van der Waals surface area contributed by atoms with E-state index in [1.54, 1.807) is 55.4 Å². The van der Waals surface area contributed by atoms with Gasteiger partial charge in [0.25, 0.3) is 0 Å². The van der Waals surface area contributed by atoms with Crippen molar-refractivity contribution in [2.45, 2.75) is 83.8 Å². The van der Waals surface area contributed by atoms with Crippen LogP contribution in [0, 0.1) is 17.8 Å². The van der Waals surface area contributed by atoms with Gasteiger partial charge in [-0.1, -0.05) is 0 Å². The summed E-state index contributed by atoms with van der Waals surface area (Å²) in [7, 11) is -0.835. The molecule has 0 radical (unpaired) electrons. The third-order valence-electron chi connectivity index (χ3n) is 7.70. The number of hydrogen-bond donors (Lipinski definition) is 0. The molecule has 0 aromatic rings. The molecule has 4 saturated carbocycles. The van der Waals surface area contributed by atoms with E-state index < -0.39 is 8.96 Å². The third kappa shape index (κ3) is 3.32. The predicted molar refractivity (Wildman–Crippen MR) is 95.7 cm³/mol. The first-order chi connectivity index (χ1) is 10.9. The van der Waals surface area contributed by atoms with Crippen LogP contribution in [-0.4, -0.2) is 17.1 Å². The molecule has 1 nitrogen and oxygen atoms in total. The quantitative estimate of drug-likeness (QED) is 0.511. The van der Waals surface area contributed by atoms with Crippen molar-refractivity contribution in [2.24, 2.45) is 17.8 Å². The van der Waals surface area contributed by atoms with E-state index in [1.807, 2.05) is 0 Å². The minimum Gasteiger partial charge on any atom is -1.00 e. The van der Waals surface area contributed by atoms with E-state index in [2.05, 4.69) is 53.7 Å². The maximum atomic E-state index is 2.67. The van der Waals surface area contributed by atoms with E-state index in [9.17, 15) is 0 Å². The van der Waals surface area contributed by atoms with Gasteiger partial charge in [-0.25, -0.2) is 0 Å². The molecule has 0 saturated heterocycles. The molecule has 5 aliphatic rings. The molecule has 25 heavy (non-hydrogen) atoms. The Hall–Kier alpha value is 0.951. The van der Waals surface area contributed by atoms with Crippen molar-refractivity contribution in [2.75, 3.05) is 0 Å². The molecule has 1 atom stereocenters. The summed E-state index contributed by atoms with van der Waals surface area (Å²) in [5.74, 6) is 3.19. The van der Waals surface area contributed by atoms with Gasteiger partial charge >= 0.3 is 157 Å². The Balaban J connectivity index is 0.00000113. The molecular formula is C20H33Cl2NSiTi-. The van der Waals surface area contributed by atoms with Crippen molar-refractivity contribution < 1.29 is 48.1 Å². The molecule has 4 bridgehead atoms. The van der Waals surface area contributed by atoms with E-state index >= 15 is 0 Å². The maximum absolute atomic E-state index is 2.67. The van der Waals surface area contributed by atoms with E-state index in [4.69, 9.17) is 0 Å². The van der Waals surface area contributed by atoms with Gasteiger partial charge in [0, 0.05) is 0 Å². The zero-order chi connectivity index (χ0) is 16.4. The van der Waals surface area contributed by atoms with E-state index in [-0.39, 0.29) is 24.8 Å². The summed E-state index contributed by atoms with van der Waals surface area (Å²) < 4.78 is 1.39. The summed E-state index contributed by atoms with van der Waals surface area (Å²) in [6.07, 6.45) is 14.4. The largest absolute Gasteiger partial charge is 1.00 e. The number of quaternary nitrogens is 1. The Morgan fingerprint density at radius 3 is 1.92 bits per heavy atom. The van der Waals surface area contributed by atoms with Crippen LogP contribution in [0.4, 0.5) is 0 Å². The zero-order valence-electron chi connectivity index (χ0n) is 16.2. The SMILES string of the molecule is CCC1=C(C)CC([N+]([Ti])([SiH](C)C)C23CC4CC(CC(C4)C2)C3)=C1.[Cl-].[Cl-]. The van der Waals surface area contributed by atoms with Crippen molar-refractivity contribution in [1.29, 1.82) is 0 Å². The van der Waals surface area contributed by atoms with Gasteiger partial charge in [0.2, 0.25) is 0 Å². The van der Waals surface area contributed by atoms with Gasteiger partial charge < -0.3 is 24.8 Å². The maximum Gasteiger partial charge on any atom is -1.00 e. The van der Waals surface area contributed by atoms with E-state index in [1.165, 1.54) is 15.5 Å². The van der Waals surface area contributed by atoms with Crippen LogP contribution in [0.2, 0.25) is 13.1 Å². The molecule has 1 unspecified atom stereocenters. The molecule has 0 spiro atoms. The molecule has 0 amide bonds. The van der Waals surface area contributed by atoms with E-state index in [0.29, 0.717) is 5.54 Å². The second-order valence-electron chi connectivity index (χ2n) is 9.43. The van der Waals surface area contributed by atoms with Crippen LogP contribution in [0.5, 0.6) is 0 Å². The fourth-order valence-electron chi connectivity index (χ4n) is 7.07. The zero-order valence-corrected chi connectivity index (χ0v) is 20.5. The summed E-state index contributed by atoms with van der Waals surface area (Å²) in [6.45, 7) is 9.96. The molecule has 5 heteroatoms. The number of allylic oxidation sites excluding steroid dienone is 3. The molecular weight excluding hydrogens is 401 g/mol. The van der Waals surface area contributed by atoms with Crippen LogP contribution in [0.15, 0.2) is 22.9 Å². The topological polar surface area (TPSA) is 0 Å². The van der Waals surface area contributed by atoms with Crippen molar-refractivity contribution in [1.82, 2.24) is 0 Å². The summed E-state index contributed by atoms with van der Waals surface area (Å²) in [4.78, 5) is 0. The van der Waals surface area contributed by atoms with Crippen LogP contribution < -0.4 is 24.8 Å². The van der Waals surface area contributed by atoms with Gasteiger partial charge in [-0.2, -0.15) is 0 Å². The monoisotopic (exact) mass is 433 g/mol. The molecule has 0 N–H and O–H groups in total. The first-order valence-electron chi connectivity index (χ1n) is 9.91. The minimum atomic E-state index is -0.835. The fraction of sp³-hybridized carbons (Fsp3) is 0.800. The van der Waals surface area contributed by atoms with Crippen LogP contribution in [-0.2, 0) is 20.7 Å². The average Bonchev–Trinajstić information content (AvgIpc) is 2.86. The van der Waals surface area contributed by atoms with Gasteiger partial charge in [0.05, 0.1) is 0 Å². The Morgan fingerprint density at radius 1 is 1.08 bits per heavy atom. The van der Waals surface area contributed by atoms with Gasteiger partial charge in [0.1, 0.15) is 0 Å². The minimum absolute atomic E-state index is 0. The van der Waals surface area contributed by atoms with Gasteiger partial charge in [-0.3, -0.25) is 0 Å². The fourth-order valence-corrected chi connectivity index (χ4v) is 9.96. The standard InChI is InChI=1S/C20H33NSi.2ClH.Ti/c1-5-18-10-19(6-14(18)2)21(22(3)4)20-11-15-7-16(12-20)9-17(8-15)13-20;;;/h10,15-17,22H,5-9,11-13H2,1-4H3;2*1H;/q;;;+1/p-2. The summed E-state index contributed by atoms with van der Waals surface area (Å²) in [5, 5.41) is 0. The molecule has 0 aromatic heterocycles. The summed E-state index contributed by atoms with van der Waals surface area (Å²) >= 11 is 2.67. The molecule has 0 heterocycles.